The van der Waals surface area contributed by atoms with Crippen molar-refractivity contribution in [2.75, 3.05) is 13.1 Å². The third kappa shape index (κ3) is 5.50. The summed E-state index contributed by atoms with van der Waals surface area (Å²) in [5.74, 6) is 0. The van der Waals surface area contributed by atoms with Crippen LogP contribution in [0.5, 0.6) is 0 Å². The van der Waals surface area contributed by atoms with E-state index in [1.807, 2.05) is 25.7 Å². The van der Waals surface area contributed by atoms with E-state index in [4.69, 9.17) is 4.74 Å². The smallest absolute Gasteiger partial charge is 0.410 e. The van der Waals surface area contributed by atoms with Crippen LogP contribution in [0.1, 0.15) is 63.4 Å². The lowest BCUT2D eigenvalue weighted by Crippen LogP contribution is -2.45. The van der Waals surface area contributed by atoms with E-state index in [1.54, 1.807) is 11.3 Å². The number of hydrogen-bond acceptors (Lipinski definition) is 4. The monoisotopic (exact) mass is 338 g/mol. The van der Waals surface area contributed by atoms with E-state index in [-0.39, 0.29) is 6.09 Å². The van der Waals surface area contributed by atoms with Crippen molar-refractivity contribution >= 4 is 17.4 Å². The molecule has 1 aliphatic rings. The van der Waals surface area contributed by atoms with Gasteiger partial charge in [-0.3, -0.25) is 0 Å². The Morgan fingerprint density at radius 1 is 1.43 bits per heavy atom. The first-order valence-electron chi connectivity index (χ1n) is 8.54. The summed E-state index contributed by atoms with van der Waals surface area (Å²) in [6.45, 7) is 11.6. The Kier molecular flexibility index (Phi) is 6.09. The maximum Gasteiger partial charge on any atom is 0.410 e. The topological polar surface area (TPSA) is 41.6 Å². The highest BCUT2D eigenvalue weighted by molar-refractivity contribution is 7.10. The van der Waals surface area contributed by atoms with Crippen LogP contribution in [-0.2, 0) is 4.74 Å². The highest BCUT2D eigenvalue weighted by Crippen LogP contribution is 2.25. The van der Waals surface area contributed by atoms with Crippen LogP contribution in [-0.4, -0.2) is 35.7 Å². The average molecular weight is 339 g/mol. The minimum absolute atomic E-state index is 0.189. The number of rotatable bonds is 3. The Morgan fingerprint density at radius 2 is 2.17 bits per heavy atom. The lowest BCUT2D eigenvalue weighted by molar-refractivity contribution is 0.0242. The first-order chi connectivity index (χ1) is 10.8. The average Bonchev–Trinajstić information content (AvgIpc) is 2.72. The van der Waals surface area contributed by atoms with Gasteiger partial charge in [-0.05, 0) is 64.5 Å². The molecule has 1 aromatic heterocycles. The first kappa shape index (κ1) is 18.3. The molecule has 2 atom stereocenters. The molecule has 0 radical (unpaired) electrons. The van der Waals surface area contributed by atoms with E-state index in [0.717, 1.165) is 32.4 Å². The van der Waals surface area contributed by atoms with Crippen molar-refractivity contribution in [1.29, 1.82) is 0 Å². The molecule has 4 nitrogen and oxygen atoms in total. The summed E-state index contributed by atoms with van der Waals surface area (Å²) in [5, 5.41) is 5.85. The third-order valence-electron chi connectivity index (χ3n) is 4.10. The molecule has 0 spiro atoms. The summed E-state index contributed by atoms with van der Waals surface area (Å²) < 4.78 is 5.54. The van der Waals surface area contributed by atoms with Crippen LogP contribution >= 0.6 is 11.3 Å². The first-order valence-corrected chi connectivity index (χ1v) is 9.42. The molecule has 23 heavy (non-hydrogen) atoms. The number of hydrogen-bond donors (Lipinski definition) is 1. The van der Waals surface area contributed by atoms with E-state index in [1.165, 1.54) is 10.4 Å². The van der Waals surface area contributed by atoms with Crippen LogP contribution in [0.4, 0.5) is 4.79 Å². The number of likely N-dealkylation sites (tertiary alicyclic amines) is 1. The van der Waals surface area contributed by atoms with Crippen molar-refractivity contribution in [2.24, 2.45) is 0 Å². The van der Waals surface area contributed by atoms with Gasteiger partial charge in [0.1, 0.15) is 5.60 Å². The van der Waals surface area contributed by atoms with Crippen LogP contribution in [0, 0.1) is 6.92 Å². The summed E-state index contributed by atoms with van der Waals surface area (Å²) in [5.41, 5.74) is 0.904. The molecule has 1 aliphatic heterocycles. The summed E-state index contributed by atoms with van der Waals surface area (Å²) >= 11 is 1.80. The van der Waals surface area contributed by atoms with Gasteiger partial charge >= 0.3 is 6.09 Å². The standard InChI is InChI=1S/C18H30N2O2S/c1-13-9-11-23-16(13)14(2)19-15-8-6-7-10-20(12-15)17(21)22-18(3,4)5/h9,11,14-15,19H,6-8,10,12H2,1-5H3. The van der Waals surface area contributed by atoms with Crippen molar-refractivity contribution in [1.82, 2.24) is 10.2 Å². The second-order valence-electron chi connectivity index (χ2n) is 7.48. The Hall–Kier alpha value is -1.07. The second kappa shape index (κ2) is 7.67. The highest BCUT2D eigenvalue weighted by Gasteiger charge is 2.27. The molecule has 2 unspecified atom stereocenters. The zero-order valence-corrected chi connectivity index (χ0v) is 15.8. The largest absolute Gasteiger partial charge is 0.444 e. The van der Waals surface area contributed by atoms with Gasteiger partial charge in [-0.15, -0.1) is 11.3 Å². The number of aryl methyl sites for hydroxylation is 1. The Morgan fingerprint density at radius 3 is 2.78 bits per heavy atom. The number of amides is 1. The number of nitrogens with zero attached hydrogens (tertiary/aromatic N) is 1. The molecule has 2 rings (SSSR count). The maximum atomic E-state index is 12.4. The Balaban J connectivity index is 1.96. The van der Waals surface area contributed by atoms with Gasteiger partial charge in [-0.1, -0.05) is 6.42 Å². The van der Waals surface area contributed by atoms with Gasteiger partial charge in [0.25, 0.3) is 0 Å². The fourth-order valence-corrected chi connectivity index (χ4v) is 3.97. The van der Waals surface area contributed by atoms with Crippen molar-refractivity contribution in [3.8, 4) is 0 Å². The summed E-state index contributed by atoms with van der Waals surface area (Å²) in [7, 11) is 0. The summed E-state index contributed by atoms with van der Waals surface area (Å²) in [4.78, 5) is 15.6. The molecular formula is C18H30N2O2S. The summed E-state index contributed by atoms with van der Waals surface area (Å²) in [6.07, 6.45) is 3.11. The second-order valence-corrected chi connectivity index (χ2v) is 8.42. The van der Waals surface area contributed by atoms with E-state index in [9.17, 15) is 4.79 Å². The van der Waals surface area contributed by atoms with Gasteiger partial charge in [-0.2, -0.15) is 0 Å². The molecular weight excluding hydrogens is 308 g/mol. The molecule has 0 bridgehead atoms. The Bertz CT molecular complexity index is 521. The molecule has 130 valence electrons. The third-order valence-corrected chi connectivity index (χ3v) is 5.31. The van der Waals surface area contributed by atoms with Crippen molar-refractivity contribution in [3.05, 3.63) is 21.9 Å². The molecule has 0 saturated carbocycles. The van der Waals surface area contributed by atoms with Gasteiger partial charge in [0.15, 0.2) is 0 Å². The van der Waals surface area contributed by atoms with Crippen molar-refractivity contribution in [2.45, 2.75) is 71.6 Å². The SMILES string of the molecule is Cc1ccsc1C(C)NC1CCCCN(C(=O)OC(C)(C)C)C1. The molecule has 0 aromatic carbocycles. The zero-order chi connectivity index (χ0) is 17.0. The number of ether oxygens (including phenoxy) is 1. The molecule has 2 heterocycles. The molecule has 1 saturated heterocycles. The van der Waals surface area contributed by atoms with Gasteiger partial charge < -0.3 is 15.0 Å². The van der Waals surface area contributed by atoms with E-state index >= 15 is 0 Å². The van der Waals surface area contributed by atoms with Crippen LogP contribution < -0.4 is 5.32 Å². The normalized spacial score (nSPS) is 20.9. The molecule has 1 aromatic rings. The minimum Gasteiger partial charge on any atom is -0.444 e. The van der Waals surface area contributed by atoms with E-state index in [2.05, 4.69) is 30.6 Å². The number of thiophene rings is 1. The number of carbonyl (C=O) groups is 1. The van der Waals surface area contributed by atoms with Gasteiger partial charge in [-0.25, -0.2) is 4.79 Å². The lowest BCUT2D eigenvalue weighted by Gasteiger charge is -2.29. The van der Waals surface area contributed by atoms with Crippen LogP contribution in [0.15, 0.2) is 11.4 Å². The quantitative estimate of drug-likeness (QED) is 0.882. The fourth-order valence-electron chi connectivity index (χ4n) is 3.03. The number of carbonyl (C=O) groups excluding carboxylic acids is 1. The van der Waals surface area contributed by atoms with Crippen molar-refractivity contribution in [3.63, 3.8) is 0 Å². The molecule has 5 heteroatoms. The van der Waals surface area contributed by atoms with Gasteiger partial charge in [0, 0.05) is 30.1 Å². The maximum absolute atomic E-state index is 12.4. The van der Waals surface area contributed by atoms with Crippen LogP contribution in [0.3, 0.4) is 0 Å². The van der Waals surface area contributed by atoms with Crippen molar-refractivity contribution < 1.29 is 9.53 Å². The van der Waals surface area contributed by atoms with Crippen LogP contribution in [0.2, 0.25) is 0 Å². The van der Waals surface area contributed by atoms with E-state index in [0.29, 0.717) is 12.1 Å². The number of nitrogens with one attached hydrogen (secondary N) is 1. The summed E-state index contributed by atoms with van der Waals surface area (Å²) in [6, 6.07) is 2.80. The lowest BCUT2D eigenvalue weighted by atomic mass is 10.1. The predicted molar refractivity (Wildman–Crippen MR) is 96.1 cm³/mol. The van der Waals surface area contributed by atoms with Crippen LogP contribution in [0.25, 0.3) is 0 Å². The predicted octanol–water partition coefficient (Wildman–Crippen LogP) is 4.50. The molecule has 1 amide bonds. The minimum atomic E-state index is -0.437. The zero-order valence-electron chi connectivity index (χ0n) is 15.0. The van der Waals surface area contributed by atoms with Gasteiger partial charge in [0.05, 0.1) is 0 Å². The fraction of sp³-hybridized carbons (Fsp3) is 0.722. The molecule has 1 fully saturated rings. The van der Waals surface area contributed by atoms with E-state index < -0.39 is 5.60 Å². The Labute approximate surface area is 144 Å². The van der Waals surface area contributed by atoms with Gasteiger partial charge in [0.2, 0.25) is 0 Å². The molecule has 0 aliphatic carbocycles. The highest BCUT2D eigenvalue weighted by atomic mass is 32.1. The molecule has 1 N–H and O–H groups in total.